The van der Waals surface area contributed by atoms with E-state index in [1.54, 1.807) is 0 Å². The molecule has 4 aliphatic carbocycles. The molecule has 4 aromatic rings. The van der Waals surface area contributed by atoms with Crippen LogP contribution in [0, 0.1) is 0 Å². The fourth-order valence-corrected chi connectivity index (χ4v) is 13.1. The van der Waals surface area contributed by atoms with Crippen LogP contribution in [0.5, 0.6) is 0 Å². The molecule has 6 heteroatoms. The SMILES string of the molecule is C[Si](C)c1c2c(cc3c(Cl)cccc13)[C@@]1(Cl)C=CC2C2([Si](C)C)c3cccc(Cl)c3C1c1c(Cl)cccc12. The molecule has 4 bridgehead atoms. The van der Waals surface area contributed by atoms with Crippen molar-refractivity contribution in [1.29, 1.82) is 0 Å². The van der Waals surface area contributed by atoms with Crippen molar-refractivity contribution in [1.82, 2.24) is 0 Å². The molecule has 0 aromatic heterocycles. The second kappa shape index (κ2) is 8.49. The van der Waals surface area contributed by atoms with Gasteiger partial charge in [0.1, 0.15) is 0 Å². The standard InChI is InChI=1S/C32H26Cl4Si2/c1-37(2)30-17-8-5-11-23(33)18(17)16-22-26(30)21-14-15-31(22,36)29-27-19(9-6-12-24(27)34)32(21,38(3)4)20-10-7-13-25(35)28(20)29/h5-16,21,29H,1-4H3/t21?,29?,31-,32?/m0/s1. The van der Waals surface area contributed by atoms with Gasteiger partial charge < -0.3 is 0 Å². The first-order valence-corrected chi connectivity index (χ1v) is 19.5. The van der Waals surface area contributed by atoms with E-state index >= 15 is 0 Å². The van der Waals surface area contributed by atoms with Crippen LogP contribution in [-0.2, 0) is 9.91 Å². The van der Waals surface area contributed by atoms with E-state index in [9.17, 15) is 0 Å². The number of allylic oxidation sites excluding steroid dienone is 2. The van der Waals surface area contributed by atoms with Gasteiger partial charge in [0.25, 0.3) is 0 Å². The molecule has 0 spiro atoms. The summed E-state index contributed by atoms with van der Waals surface area (Å²) in [6, 6.07) is 21.5. The van der Waals surface area contributed by atoms with E-state index in [1.807, 2.05) is 18.2 Å². The van der Waals surface area contributed by atoms with E-state index in [0.717, 1.165) is 31.6 Å². The Morgan fingerprint density at radius 2 is 1.26 bits per heavy atom. The average molecular weight is 609 g/mol. The van der Waals surface area contributed by atoms with Crippen molar-refractivity contribution in [2.45, 2.75) is 47.9 Å². The van der Waals surface area contributed by atoms with Crippen LogP contribution in [0.2, 0.25) is 41.3 Å². The summed E-state index contributed by atoms with van der Waals surface area (Å²) in [5.74, 6) is -0.110. The third-order valence-corrected chi connectivity index (χ3v) is 14.6. The second-order valence-electron chi connectivity index (χ2n) is 11.3. The van der Waals surface area contributed by atoms with Crippen molar-refractivity contribution in [2.24, 2.45) is 0 Å². The van der Waals surface area contributed by atoms with E-state index in [1.165, 1.54) is 32.8 Å². The van der Waals surface area contributed by atoms with Crippen LogP contribution < -0.4 is 5.19 Å². The summed E-state index contributed by atoms with van der Waals surface area (Å²) in [4.78, 5) is -0.855. The van der Waals surface area contributed by atoms with Gasteiger partial charge in [0.2, 0.25) is 0 Å². The van der Waals surface area contributed by atoms with Gasteiger partial charge in [-0.05, 0) is 63.0 Å². The van der Waals surface area contributed by atoms with Crippen molar-refractivity contribution >= 4 is 80.0 Å². The zero-order chi connectivity index (χ0) is 26.7. The lowest BCUT2D eigenvalue weighted by atomic mass is 9.55. The lowest BCUT2D eigenvalue weighted by Gasteiger charge is -2.58. The predicted molar refractivity (Wildman–Crippen MR) is 168 cm³/mol. The Morgan fingerprint density at radius 3 is 1.84 bits per heavy atom. The van der Waals surface area contributed by atoms with Crippen LogP contribution in [-0.4, -0.2) is 17.6 Å². The Labute approximate surface area is 247 Å². The number of halogens is 4. The van der Waals surface area contributed by atoms with Crippen LogP contribution in [0.1, 0.15) is 45.2 Å². The maximum Gasteiger partial charge on any atom is 0.0988 e. The topological polar surface area (TPSA) is 0 Å². The fourth-order valence-electron chi connectivity index (χ4n) is 7.86. The van der Waals surface area contributed by atoms with Crippen molar-refractivity contribution in [3.05, 3.63) is 121 Å². The molecule has 2 radical (unpaired) electrons. The predicted octanol–water partition coefficient (Wildman–Crippen LogP) is 9.59. The largest absolute Gasteiger partial charge is 0.108 e. The van der Waals surface area contributed by atoms with Crippen LogP contribution in [0.4, 0.5) is 0 Å². The minimum Gasteiger partial charge on any atom is -0.108 e. The summed E-state index contributed by atoms with van der Waals surface area (Å²) >= 11 is 29.2. The number of fused-ring (bicyclic) bond motifs is 1. The van der Waals surface area contributed by atoms with E-state index in [2.05, 4.69) is 80.8 Å². The molecule has 1 unspecified atom stereocenters. The minimum absolute atomic E-state index is 0.113. The first-order valence-electron chi connectivity index (χ1n) is 13.0. The molecule has 4 aromatic carbocycles. The molecular formula is C32H26Cl4Si2. The highest BCUT2D eigenvalue weighted by Crippen LogP contribution is 2.68. The first kappa shape index (κ1) is 25.4. The Bertz CT molecular complexity index is 1650. The summed E-state index contributed by atoms with van der Waals surface area (Å²) < 4.78 is 0. The molecule has 0 aliphatic heterocycles. The molecule has 0 saturated heterocycles. The van der Waals surface area contributed by atoms with E-state index in [0.29, 0.717) is 0 Å². The van der Waals surface area contributed by atoms with Crippen molar-refractivity contribution in [2.75, 3.05) is 0 Å². The quantitative estimate of drug-likeness (QED) is 0.121. The average Bonchev–Trinajstić information content (AvgIpc) is 2.86. The summed E-state index contributed by atoms with van der Waals surface area (Å²) in [6.45, 7) is 9.67. The third kappa shape index (κ3) is 2.95. The molecule has 0 heterocycles. The summed E-state index contributed by atoms with van der Waals surface area (Å²) in [5.41, 5.74) is 7.50. The number of rotatable bonds is 2. The van der Waals surface area contributed by atoms with Crippen LogP contribution >= 0.6 is 46.4 Å². The summed E-state index contributed by atoms with van der Waals surface area (Å²) in [6.07, 6.45) is 4.69. The van der Waals surface area contributed by atoms with Crippen LogP contribution in [0.25, 0.3) is 10.8 Å². The van der Waals surface area contributed by atoms with Gasteiger partial charge in [-0.15, -0.1) is 11.6 Å². The molecule has 2 atom stereocenters. The molecule has 0 fully saturated rings. The molecule has 0 nitrogen and oxygen atoms in total. The van der Waals surface area contributed by atoms with E-state index < -0.39 is 22.5 Å². The van der Waals surface area contributed by atoms with Crippen LogP contribution in [0.3, 0.4) is 0 Å². The highest BCUT2D eigenvalue weighted by Gasteiger charge is 2.61. The van der Waals surface area contributed by atoms with E-state index in [-0.39, 0.29) is 16.9 Å². The number of hydrogen-bond acceptors (Lipinski definition) is 0. The maximum absolute atomic E-state index is 8.02. The summed E-state index contributed by atoms with van der Waals surface area (Å²) in [5, 5.41) is 5.84. The minimum atomic E-state index is -1.03. The lowest BCUT2D eigenvalue weighted by Crippen LogP contribution is -2.56. The molecule has 4 aliphatic rings. The number of benzene rings is 4. The zero-order valence-electron chi connectivity index (χ0n) is 21.6. The van der Waals surface area contributed by atoms with Gasteiger partial charge in [0, 0.05) is 37.3 Å². The maximum atomic E-state index is 8.02. The number of alkyl halides is 1. The van der Waals surface area contributed by atoms with Gasteiger partial charge in [-0.3, -0.25) is 0 Å². The van der Waals surface area contributed by atoms with Gasteiger partial charge >= 0.3 is 0 Å². The Hall–Kier alpha value is -1.53. The molecular weight excluding hydrogens is 582 g/mol. The fraction of sp³-hybridized carbons (Fsp3) is 0.250. The van der Waals surface area contributed by atoms with Gasteiger partial charge in [-0.1, -0.05) is 115 Å². The highest BCUT2D eigenvalue weighted by molar-refractivity contribution is 6.74. The second-order valence-corrected chi connectivity index (χ2v) is 18.4. The van der Waals surface area contributed by atoms with Gasteiger partial charge in [-0.25, -0.2) is 0 Å². The van der Waals surface area contributed by atoms with E-state index in [4.69, 9.17) is 46.4 Å². The van der Waals surface area contributed by atoms with Crippen LogP contribution in [0.15, 0.2) is 72.8 Å². The van der Waals surface area contributed by atoms with Gasteiger partial charge in [0.05, 0.1) is 22.5 Å². The third-order valence-electron chi connectivity index (χ3n) is 9.13. The smallest absolute Gasteiger partial charge is 0.0988 e. The molecule has 0 N–H and O–H groups in total. The molecule has 190 valence electrons. The Balaban J connectivity index is 1.77. The monoisotopic (exact) mass is 606 g/mol. The molecule has 8 rings (SSSR count). The van der Waals surface area contributed by atoms with Crippen molar-refractivity contribution in [3.8, 4) is 0 Å². The lowest BCUT2D eigenvalue weighted by molar-refractivity contribution is 0.487. The zero-order valence-corrected chi connectivity index (χ0v) is 26.6. The number of hydrogen-bond donors (Lipinski definition) is 0. The molecule has 0 saturated carbocycles. The Morgan fingerprint density at radius 1 is 0.684 bits per heavy atom. The Kier molecular flexibility index (Phi) is 5.68. The molecule has 0 amide bonds. The van der Waals surface area contributed by atoms with Gasteiger partial charge in [-0.2, -0.15) is 0 Å². The van der Waals surface area contributed by atoms with Crippen molar-refractivity contribution in [3.63, 3.8) is 0 Å². The van der Waals surface area contributed by atoms with Gasteiger partial charge in [0.15, 0.2) is 0 Å². The first-order chi connectivity index (χ1) is 18.1. The normalized spacial score (nSPS) is 26.5. The highest BCUT2D eigenvalue weighted by atomic mass is 35.5. The molecule has 38 heavy (non-hydrogen) atoms. The summed E-state index contributed by atoms with van der Waals surface area (Å²) in [7, 11) is -1.93. The van der Waals surface area contributed by atoms with Crippen molar-refractivity contribution < 1.29 is 0 Å².